The second-order valence-electron chi connectivity index (χ2n) is 2.15. The van der Waals surface area contributed by atoms with Crippen molar-refractivity contribution < 1.29 is 13.3 Å². The average molecular weight is 289 g/mol. The van der Waals surface area contributed by atoms with Gasteiger partial charge in [0.05, 0.1) is 4.90 Å². The molecule has 0 heterocycles. The Morgan fingerprint density at radius 1 is 1.29 bits per heavy atom. The van der Waals surface area contributed by atoms with Crippen molar-refractivity contribution in [3.63, 3.8) is 0 Å². The molecule has 0 aliphatic rings. The Hall–Kier alpha value is 0.570. The molecule has 0 unspecified atom stereocenters. The molecule has 14 heavy (non-hydrogen) atoms. The molecule has 4 nitrogen and oxygen atoms in total. The summed E-state index contributed by atoms with van der Waals surface area (Å²) in [5, 5.41) is 0. The first-order chi connectivity index (χ1) is 6.17. The Labute approximate surface area is 113 Å². The van der Waals surface area contributed by atoms with E-state index in [-0.39, 0.29) is 40.0 Å². The monoisotopic (exact) mass is 288 g/mol. The number of alkyl halides is 1. The van der Waals surface area contributed by atoms with E-state index in [1.165, 1.54) is 12.1 Å². The van der Waals surface area contributed by atoms with E-state index in [0.717, 1.165) is 0 Å². The number of sulfonamides is 1. The third kappa shape index (κ3) is 4.39. The van der Waals surface area contributed by atoms with Gasteiger partial charge in [0.2, 0.25) is 0 Å². The molecule has 0 amide bonds. The molecule has 1 aromatic rings. The van der Waals surface area contributed by atoms with E-state index in [0.29, 0.717) is 0 Å². The van der Waals surface area contributed by atoms with Crippen LogP contribution in [0.3, 0.4) is 0 Å². The third-order valence-corrected chi connectivity index (χ3v) is 2.74. The van der Waals surface area contributed by atoms with Gasteiger partial charge in [-0.25, -0.2) is 8.42 Å². The van der Waals surface area contributed by atoms with E-state index in [9.17, 15) is 8.42 Å². The van der Waals surface area contributed by atoms with Crippen LogP contribution in [0.4, 0.5) is 0 Å². The van der Waals surface area contributed by atoms with Crippen LogP contribution in [-0.2, 0) is 14.9 Å². The molecule has 0 aliphatic carbocycles. The maximum Gasteiger partial charge on any atom is 0.262 e. The quantitative estimate of drug-likeness (QED) is 0.508. The molecular formula is C7H8BrNNaO3S. The molecule has 1 rings (SSSR count). The Morgan fingerprint density at radius 3 is 2.36 bits per heavy atom. The Bertz CT molecular complexity index is 356. The fourth-order valence-corrected chi connectivity index (χ4v) is 1.84. The molecule has 0 atom stereocenters. The molecule has 1 N–H and O–H groups in total. The fraction of sp³-hybridized carbons (Fsp3) is 0.143. The van der Waals surface area contributed by atoms with Crippen LogP contribution in [0.25, 0.3) is 0 Å². The van der Waals surface area contributed by atoms with Gasteiger partial charge >= 0.3 is 0 Å². The zero-order valence-electron chi connectivity index (χ0n) is 7.60. The van der Waals surface area contributed by atoms with Crippen molar-refractivity contribution in [2.45, 2.75) is 4.90 Å². The summed E-state index contributed by atoms with van der Waals surface area (Å²) >= 11 is 2.93. The topological polar surface area (TPSA) is 55.4 Å². The van der Waals surface area contributed by atoms with Gasteiger partial charge in [-0.1, -0.05) is 39.0 Å². The first-order valence-corrected chi connectivity index (χ1v) is 6.02. The smallest absolute Gasteiger partial charge is 0.262 e. The molecule has 1 radical (unpaired) electrons. The van der Waals surface area contributed by atoms with E-state index in [1.807, 2.05) is 4.89 Å². The minimum absolute atomic E-state index is 0. The van der Waals surface area contributed by atoms with Crippen LogP contribution in [-0.4, -0.2) is 43.5 Å². The van der Waals surface area contributed by atoms with Gasteiger partial charge in [0, 0.05) is 29.6 Å². The average Bonchev–Trinajstić information content (AvgIpc) is 2.16. The summed E-state index contributed by atoms with van der Waals surface area (Å²) in [4.78, 5) is 6.66. The van der Waals surface area contributed by atoms with Gasteiger partial charge in [0.1, 0.15) is 5.52 Å². The van der Waals surface area contributed by atoms with Crippen LogP contribution in [0.2, 0.25) is 0 Å². The van der Waals surface area contributed by atoms with E-state index in [2.05, 4.69) is 20.8 Å². The molecule has 1 aromatic carbocycles. The molecular weight excluding hydrogens is 281 g/mol. The van der Waals surface area contributed by atoms with Gasteiger partial charge < -0.3 is 0 Å². The number of hydrogen-bond donors (Lipinski definition) is 1. The minimum Gasteiger partial charge on any atom is -0.275 e. The number of nitrogens with one attached hydrogen (secondary N) is 1. The van der Waals surface area contributed by atoms with Crippen LogP contribution in [0.15, 0.2) is 35.2 Å². The maximum atomic E-state index is 11.3. The van der Waals surface area contributed by atoms with Crippen LogP contribution >= 0.6 is 15.9 Å². The SMILES string of the molecule is O=S(=O)(NOCBr)c1ccccc1.[Na]. The van der Waals surface area contributed by atoms with E-state index in [1.54, 1.807) is 18.2 Å². The molecule has 73 valence electrons. The maximum absolute atomic E-state index is 11.3. The van der Waals surface area contributed by atoms with Gasteiger partial charge in [-0.05, 0) is 12.1 Å². The molecule has 0 saturated heterocycles. The summed E-state index contributed by atoms with van der Waals surface area (Å²) < 4.78 is 22.7. The molecule has 0 bridgehead atoms. The Balaban J connectivity index is 0.00000169. The summed E-state index contributed by atoms with van der Waals surface area (Å²) in [6, 6.07) is 8.00. The van der Waals surface area contributed by atoms with Crippen molar-refractivity contribution >= 4 is 55.5 Å². The van der Waals surface area contributed by atoms with Gasteiger partial charge in [-0.15, -0.1) is 0 Å². The van der Waals surface area contributed by atoms with Crippen LogP contribution in [0, 0.1) is 0 Å². The first kappa shape index (κ1) is 14.6. The third-order valence-electron chi connectivity index (χ3n) is 1.28. The predicted molar refractivity (Wildman–Crippen MR) is 57.4 cm³/mol. The van der Waals surface area contributed by atoms with Gasteiger partial charge in [-0.2, -0.15) is 0 Å². The Morgan fingerprint density at radius 2 is 1.86 bits per heavy atom. The zero-order valence-corrected chi connectivity index (χ0v) is 12.0. The molecule has 0 spiro atoms. The summed E-state index contributed by atoms with van der Waals surface area (Å²) in [6.07, 6.45) is 0. The van der Waals surface area contributed by atoms with Gasteiger partial charge in [0.15, 0.2) is 0 Å². The fourth-order valence-electron chi connectivity index (χ4n) is 0.748. The number of halogens is 1. The van der Waals surface area contributed by atoms with E-state index < -0.39 is 10.0 Å². The normalized spacial score (nSPS) is 10.6. The summed E-state index contributed by atoms with van der Waals surface area (Å²) in [6.45, 7) is 0. The zero-order chi connectivity index (χ0) is 9.73. The van der Waals surface area contributed by atoms with Crippen molar-refractivity contribution in [3.8, 4) is 0 Å². The molecule has 0 saturated carbocycles. The molecule has 0 aromatic heterocycles. The van der Waals surface area contributed by atoms with Crippen molar-refractivity contribution in [2.24, 2.45) is 0 Å². The molecule has 0 fully saturated rings. The summed E-state index contributed by atoms with van der Waals surface area (Å²) in [5.74, 6) is 0. The second-order valence-corrected chi connectivity index (χ2v) is 4.26. The van der Waals surface area contributed by atoms with Crippen LogP contribution in [0.5, 0.6) is 0 Å². The second kappa shape index (κ2) is 6.95. The van der Waals surface area contributed by atoms with E-state index in [4.69, 9.17) is 0 Å². The van der Waals surface area contributed by atoms with Gasteiger partial charge in [-0.3, -0.25) is 4.84 Å². The van der Waals surface area contributed by atoms with Crippen molar-refractivity contribution in [1.82, 2.24) is 4.89 Å². The minimum atomic E-state index is -3.52. The van der Waals surface area contributed by atoms with Crippen LogP contribution in [0.1, 0.15) is 0 Å². The van der Waals surface area contributed by atoms with Crippen molar-refractivity contribution in [1.29, 1.82) is 0 Å². The number of benzene rings is 1. The number of hydrogen-bond acceptors (Lipinski definition) is 3. The molecule has 7 heteroatoms. The van der Waals surface area contributed by atoms with Crippen molar-refractivity contribution in [3.05, 3.63) is 30.3 Å². The summed E-state index contributed by atoms with van der Waals surface area (Å²) in [5.41, 5.74) is 0.110. The standard InChI is InChI=1S/C7H8BrNO3S.Na/c8-6-12-9-13(10,11)7-4-2-1-3-5-7;/h1-5,9H,6H2;. The van der Waals surface area contributed by atoms with E-state index >= 15 is 0 Å². The first-order valence-electron chi connectivity index (χ1n) is 3.41. The summed E-state index contributed by atoms with van der Waals surface area (Å²) in [7, 11) is -3.52. The number of rotatable bonds is 4. The molecule has 0 aliphatic heterocycles. The van der Waals surface area contributed by atoms with Gasteiger partial charge in [0.25, 0.3) is 10.0 Å². The largest absolute Gasteiger partial charge is 0.275 e. The van der Waals surface area contributed by atoms with Crippen LogP contribution < -0.4 is 4.89 Å². The Kier molecular flexibility index (Phi) is 7.23. The predicted octanol–water partition coefficient (Wildman–Crippen LogP) is 0.868. The van der Waals surface area contributed by atoms with Crippen molar-refractivity contribution in [2.75, 3.05) is 5.52 Å².